The van der Waals surface area contributed by atoms with Crippen molar-refractivity contribution in [2.24, 2.45) is 0 Å². The minimum Gasteiger partial charge on any atom is -0.335 e. The maximum atomic E-state index is 13.9. The molecule has 0 aliphatic carbocycles. The van der Waals surface area contributed by atoms with E-state index >= 15 is 0 Å². The van der Waals surface area contributed by atoms with Gasteiger partial charge in [0.05, 0.1) is 11.1 Å². The van der Waals surface area contributed by atoms with Crippen LogP contribution < -0.4 is 5.56 Å². The topological polar surface area (TPSA) is 51.9 Å². The van der Waals surface area contributed by atoms with Crippen molar-refractivity contribution in [3.05, 3.63) is 61.5 Å². The Kier molecular flexibility index (Phi) is 4.31. The van der Waals surface area contributed by atoms with E-state index in [4.69, 9.17) is 12.2 Å². The highest BCUT2D eigenvalue weighted by Crippen LogP contribution is 2.30. The molecule has 0 unspecified atom stereocenters. The number of nitrogens with one attached hydrogen (secondary N) is 2. The van der Waals surface area contributed by atoms with Crippen LogP contribution in [0.2, 0.25) is 0 Å². The molecule has 9 heteroatoms. The summed E-state index contributed by atoms with van der Waals surface area (Å²) < 4.78 is 51.9. The summed E-state index contributed by atoms with van der Waals surface area (Å²) in [4.78, 5) is 19.2. The number of alkyl halides is 3. The number of hydrogen-bond donors (Lipinski definition) is 2. The van der Waals surface area contributed by atoms with Crippen molar-refractivity contribution < 1.29 is 17.6 Å². The average molecular weight is 359 g/mol. The first-order chi connectivity index (χ1) is 11.2. The average Bonchev–Trinajstić information content (AvgIpc) is 2.48. The lowest BCUT2D eigenvalue weighted by molar-refractivity contribution is -0.137. The maximum absolute atomic E-state index is 13.9. The molecular formula is C15H13F4N3OS. The van der Waals surface area contributed by atoms with Crippen LogP contribution >= 0.6 is 12.2 Å². The second kappa shape index (κ2) is 6.14. The van der Waals surface area contributed by atoms with Gasteiger partial charge in [-0.25, -0.2) is 4.39 Å². The van der Waals surface area contributed by atoms with Gasteiger partial charge in [0.25, 0.3) is 5.56 Å². The molecule has 1 aliphatic heterocycles. The minimum atomic E-state index is -4.57. The molecule has 0 fully saturated rings. The second-order valence-corrected chi connectivity index (χ2v) is 6.04. The fourth-order valence-electron chi connectivity index (χ4n) is 2.74. The van der Waals surface area contributed by atoms with Crippen molar-refractivity contribution in [2.45, 2.75) is 25.7 Å². The number of hydrogen-bond acceptors (Lipinski definition) is 3. The van der Waals surface area contributed by atoms with Crippen LogP contribution in [-0.4, -0.2) is 21.4 Å². The van der Waals surface area contributed by atoms with Gasteiger partial charge < -0.3 is 4.98 Å². The van der Waals surface area contributed by atoms with Gasteiger partial charge in [-0.05, 0) is 24.4 Å². The van der Waals surface area contributed by atoms with E-state index in [0.29, 0.717) is 24.6 Å². The number of rotatable bonds is 2. The molecule has 128 valence electrons. The van der Waals surface area contributed by atoms with E-state index in [9.17, 15) is 22.4 Å². The molecule has 3 rings (SSSR count). The number of aromatic amines is 2. The summed E-state index contributed by atoms with van der Waals surface area (Å²) in [5, 5.41) is 0. The largest absolute Gasteiger partial charge is 0.416 e. The fraction of sp³-hybridized carbons (Fsp3) is 0.333. The summed E-state index contributed by atoms with van der Waals surface area (Å²) in [7, 11) is 0. The molecule has 0 atom stereocenters. The van der Waals surface area contributed by atoms with Crippen LogP contribution in [0.1, 0.15) is 22.4 Å². The van der Waals surface area contributed by atoms with Gasteiger partial charge in [0.1, 0.15) is 5.82 Å². The highest BCUT2D eigenvalue weighted by molar-refractivity contribution is 7.71. The molecule has 0 saturated carbocycles. The van der Waals surface area contributed by atoms with Crippen molar-refractivity contribution in [3.63, 3.8) is 0 Å². The molecule has 0 saturated heterocycles. The van der Waals surface area contributed by atoms with Crippen LogP contribution in [0.4, 0.5) is 17.6 Å². The van der Waals surface area contributed by atoms with Gasteiger partial charge in [-0.2, -0.15) is 13.2 Å². The number of nitrogens with zero attached hydrogens (tertiary/aromatic N) is 1. The first-order valence-corrected chi connectivity index (χ1v) is 7.57. The van der Waals surface area contributed by atoms with Crippen molar-refractivity contribution in [1.82, 2.24) is 14.9 Å². The number of aromatic nitrogens is 2. The quantitative estimate of drug-likeness (QED) is 0.640. The summed E-state index contributed by atoms with van der Waals surface area (Å²) in [6.07, 6.45) is -4.04. The summed E-state index contributed by atoms with van der Waals surface area (Å²) >= 11 is 4.91. The highest BCUT2D eigenvalue weighted by Gasteiger charge is 2.31. The molecule has 0 bridgehead atoms. The molecule has 2 heterocycles. The molecule has 1 aliphatic rings. The molecule has 1 aromatic carbocycles. The zero-order valence-electron chi connectivity index (χ0n) is 12.3. The van der Waals surface area contributed by atoms with E-state index in [0.717, 1.165) is 17.8 Å². The van der Waals surface area contributed by atoms with Gasteiger partial charge in [-0.15, -0.1) is 0 Å². The lowest BCUT2D eigenvalue weighted by Crippen LogP contribution is -2.35. The predicted molar refractivity (Wildman–Crippen MR) is 81.5 cm³/mol. The number of halogens is 4. The Bertz CT molecular complexity index is 888. The first-order valence-electron chi connectivity index (χ1n) is 7.16. The molecule has 0 spiro atoms. The van der Waals surface area contributed by atoms with Crippen molar-refractivity contribution in [2.75, 3.05) is 6.54 Å². The van der Waals surface area contributed by atoms with Crippen LogP contribution in [0.3, 0.4) is 0 Å². The maximum Gasteiger partial charge on any atom is 0.416 e. The molecule has 2 N–H and O–H groups in total. The number of fused-ring (bicyclic) bond motifs is 1. The van der Waals surface area contributed by atoms with Gasteiger partial charge >= 0.3 is 6.18 Å². The predicted octanol–water partition coefficient (Wildman–Crippen LogP) is 3.15. The zero-order chi connectivity index (χ0) is 17.5. The van der Waals surface area contributed by atoms with Gasteiger partial charge in [-0.1, -0.05) is 6.07 Å². The third kappa shape index (κ3) is 3.41. The van der Waals surface area contributed by atoms with Crippen LogP contribution in [0.15, 0.2) is 23.0 Å². The molecule has 0 amide bonds. The minimum absolute atomic E-state index is 0.123. The van der Waals surface area contributed by atoms with E-state index < -0.39 is 17.6 Å². The van der Waals surface area contributed by atoms with E-state index in [2.05, 4.69) is 9.97 Å². The Balaban J connectivity index is 1.81. The third-order valence-electron chi connectivity index (χ3n) is 3.96. The lowest BCUT2D eigenvalue weighted by atomic mass is 10.1. The summed E-state index contributed by atoms with van der Waals surface area (Å²) in [6, 6.07) is 2.49. The molecule has 2 aromatic rings. The SMILES string of the molecule is O=c1[nH]c(=S)[nH]c2c1CN(Cc1ccc(C(F)(F)F)cc1F)CC2. The molecule has 24 heavy (non-hydrogen) atoms. The fourth-order valence-corrected chi connectivity index (χ4v) is 2.96. The van der Waals surface area contributed by atoms with E-state index in [-0.39, 0.29) is 29.0 Å². The Hall–Kier alpha value is -2.00. The molecular weight excluding hydrogens is 346 g/mol. The van der Waals surface area contributed by atoms with Gasteiger partial charge in [0.2, 0.25) is 0 Å². The summed E-state index contributed by atoms with van der Waals surface area (Å²) in [6.45, 7) is 0.942. The van der Waals surface area contributed by atoms with E-state index in [1.807, 2.05) is 0 Å². The Morgan fingerprint density at radius 1 is 1.25 bits per heavy atom. The standard InChI is InChI=1S/C15H13F4N3OS/c16-11-5-9(15(17,18)19)2-1-8(11)6-22-4-3-12-10(7-22)13(23)21-14(24)20-12/h1-2,5H,3-4,6-7H2,(H2,20,21,23,24). The Morgan fingerprint density at radius 2 is 2.00 bits per heavy atom. The third-order valence-corrected chi connectivity index (χ3v) is 4.17. The van der Waals surface area contributed by atoms with E-state index in [1.165, 1.54) is 0 Å². The molecule has 0 radical (unpaired) electrons. The lowest BCUT2D eigenvalue weighted by Gasteiger charge is -2.28. The summed E-state index contributed by atoms with van der Waals surface area (Å²) in [5.41, 5.74) is 0.102. The zero-order valence-corrected chi connectivity index (χ0v) is 13.2. The van der Waals surface area contributed by atoms with Crippen LogP contribution in [0, 0.1) is 10.6 Å². The monoisotopic (exact) mass is 359 g/mol. The van der Waals surface area contributed by atoms with Crippen LogP contribution in [0.5, 0.6) is 0 Å². The first kappa shape index (κ1) is 16.8. The van der Waals surface area contributed by atoms with Crippen molar-refractivity contribution in [3.8, 4) is 0 Å². The van der Waals surface area contributed by atoms with Crippen LogP contribution in [-0.2, 0) is 25.7 Å². The normalized spacial score (nSPS) is 15.3. The number of benzene rings is 1. The van der Waals surface area contributed by atoms with Crippen molar-refractivity contribution >= 4 is 12.2 Å². The second-order valence-electron chi connectivity index (χ2n) is 5.63. The number of H-pyrrole nitrogens is 2. The molecule has 4 nitrogen and oxygen atoms in total. The molecule has 1 aromatic heterocycles. The van der Waals surface area contributed by atoms with Gasteiger partial charge in [0.15, 0.2) is 4.77 Å². The van der Waals surface area contributed by atoms with Crippen molar-refractivity contribution in [1.29, 1.82) is 0 Å². The smallest absolute Gasteiger partial charge is 0.335 e. The Morgan fingerprint density at radius 3 is 2.67 bits per heavy atom. The Labute approximate surface area is 139 Å². The van der Waals surface area contributed by atoms with Crippen LogP contribution in [0.25, 0.3) is 0 Å². The van der Waals surface area contributed by atoms with E-state index in [1.54, 1.807) is 4.90 Å². The van der Waals surface area contributed by atoms with Gasteiger partial charge in [0, 0.05) is 37.3 Å². The van der Waals surface area contributed by atoms with Gasteiger partial charge in [-0.3, -0.25) is 14.7 Å². The highest BCUT2D eigenvalue weighted by atomic mass is 32.1. The summed E-state index contributed by atoms with van der Waals surface area (Å²) in [5.74, 6) is -0.906.